The summed E-state index contributed by atoms with van der Waals surface area (Å²) in [6.45, 7) is 0. The average Bonchev–Trinajstić information content (AvgIpc) is 1.82. The van der Waals surface area contributed by atoms with Gasteiger partial charge in [0.05, 0.1) is 12.8 Å². The summed E-state index contributed by atoms with van der Waals surface area (Å²) in [4.78, 5) is 30.5. The fourth-order valence-corrected chi connectivity index (χ4v) is 0.714. The Morgan fingerprint density at radius 3 is 1.40 bits per heavy atom. The van der Waals surface area contributed by atoms with Crippen LogP contribution < -0.4 is 0 Å². The molecule has 0 spiro atoms. The van der Waals surface area contributed by atoms with Gasteiger partial charge in [0.25, 0.3) is 0 Å². The zero-order chi connectivity index (χ0) is 10.6. The summed E-state index contributed by atoms with van der Waals surface area (Å²) in [7, 11) is 0. The summed E-state index contributed by atoms with van der Waals surface area (Å²) < 4.78 is 0. The minimum atomic E-state index is -2.74. The van der Waals surface area contributed by atoms with E-state index in [2.05, 4.69) is 0 Å². The molecule has 0 aromatic carbocycles. The number of carboxylic acids is 3. The van der Waals surface area contributed by atoms with Gasteiger partial charge in [0.15, 0.2) is 5.60 Å². The van der Waals surface area contributed by atoms with Crippen molar-refractivity contribution in [3.8, 4) is 0 Å². The van der Waals surface area contributed by atoms with E-state index in [9.17, 15) is 14.4 Å². The molecule has 0 aliphatic carbocycles. The molecule has 7 nitrogen and oxygen atoms in total. The summed E-state index contributed by atoms with van der Waals surface area (Å²) in [6.07, 6.45) is -2.29. The molecule has 0 heterocycles. The Kier molecular flexibility index (Phi) is 11.4. The second-order valence-electron chi connectivity index (χ2n) is 2.48. The fraction of sp³-hybridized carbons (Fsp3) is 0.500. The van der Waals surface area contributed by atoms with Crippen LogP contribution in [0, 0.1) is 0 Å². The Morgan fingerprint density at radius 2 is 1.27 bits per heavy atom. The van der Waals surface area contributed by atoms with Crippen LogP contribution in [0.15, 0.2) is 0 Å². The van der Waals surface area contributed by atoms with Crippen LogP contribution in [-0.2, 0) is 31.5 Å². The number of carbonyl (C=O) groups is 3. The maximum absolute atomic E-state index is 10.3. The van der Waals surface area contributed by atoms with Gasteiger partial charge in [-0.15, -0.1) is 0 Å². The molecule has 0 unspecified atom stereocenters. The van der Waals surface area contributed by atoms with Crippen LogP contribution in [0.25, 0.3) is 0 Å². The van der Waals surface area contributed by atoms with E-state index < -0.39 is 36.4 Å². The molecule has 4 N–H and O–H groups in total. The maximum Gasteiger partial charge on any atom is 2.00 e. The molecule has 0 saturated carbocycles. The van der Waals surface area contributed by atoms with Crippen LogP contribution in [-0.4, -0.2) is 81.7 Å². The van der Waals surface area contributed by atoms with Crippen molar-refractivity contribution in [3.05, 3.63) is 0 Å². The first-order valence-electron chi connectivity index (χ1n) is 3.17. The topological polar surface area (TPSA) is 132 Å². The van der Waals surface area contributed by atoms with Crippen molar-refractivity contribution in [2.75, 3.05) is 0 Å². The molecule has 9 heteroatoms. The largest absolute Gasteiger partial charge is 2.00 e. The molecule has 0 amide bonds. The zero-order valence-electron chi connectivity index (χ0n) is 9.49. The quantitative estimate of drug-likeness (QED) is 0.457. The molecule has 0 bridgehead atoms. The van der Waals surface area contributed by atoms with Gasteiger partial charge < -0.3 is 23.3 Å². The summed E-state index contributed by atoms with van der Waals surface area (Å²) >= 11 is 0. The predicted molar refractivity (Wildman–Crippen MR) is 45.1 cm³/mol. The molecule has 0 aromatic heterocycles. The molecule has 86 valence electrons. The Hall–Kier alpha value is 0.149. The number of carboxylic acid groups (broad SMARTS) is 3. The third-order valence-electron chi connectivity index (χ3n) is 1.29. The van der Waals surface area contributed by atoms with Gasteiger partial charge in [0.1, 0.15) is 0 Å². The zero-order valence-corrected chi connectivity index (χ0v) is 10.8. The van der Waals surface area contributed by atoms with Gasteiger partial charge >= 0.3 is 55.6 Å². The first kappa shape index (κ1) is 20.5. The Labute approximate surface area is 128 Å². The Morgan fingerprint density at radius 1 is 1.00 bits per heavy atom. The maximum atomic E-state index is 10.3. The molecule has 0 atom stereocenters. The van der Waals surface area contributed by atoms with Gasteiger partial charge in [-0.1, -0.05) is 0 Å². The molecule has 0 aliphatic heterocycles. The van der Waals surface area contributed by atoms with Crippen molar-refractivity contribution in [1.82, 2.24) is 0 Å². The van der Waals surface area contributed by atoms with E-state index in [1.807, 2.05) is 0 Å². The van der Waals surface area contributed by atoms with E-state index in [1.165, 1.54) is 0 Å². The van der Waals surface area contributed by atoms with Gasteiger partial charge in [-0.3, -0.25) is 9.59 Å². The van der Waals surface area contributed by atoms with E-state index >= 15 is 0 Å². The molecule has 0 fully saturated rings. The standard InChI is InChI=1S/C6H8O7.Ca.Fe.2H/c7-3(8)1-6(13,5(11)12)2-4(9)10;;;;/h13H,1-2H2,(H,7,8)(H,9,10)(H,11,12);;;;/q;+2;;2*-1. The minimum absolute atomic E-state index is 0. The van der Waals surface area contributed by atoms with Gasteiger partial charge in [-0.25, -0.2) is 4.79 Å². The molecule has 0 radical (unpaired) electrons. The number of hydrogen-bond donors (Lipinski definition) is 4. The number of rotatable bonds is 5. The van der Waals surface area contributed by atoms with E-state index in [0.717, 1.165) is 0 Å². The smallest absolute Gasteiger partial charge is 1.00 e. The second kappa shape index (κ2) is 8.32. The average molecular weight is 290 g/mol. The normalized spacial score (nSPS) is 9.40. The first-order valence-corrected chi connectivity index (χ1v) is 3.17. The second-order valence-corrected chi connectivity index (χ2v) is 2.48. The van der Waals surface area contributed by atoms with Crippen LogP contribution in [0.3, 0.4) is 0 Å². The van der Waals surface area contributed by atoms with Gasteiger partial charge in [-0.2, -0.15) is 0 Å². The summed E-state index contributed by atoms with van der Waals surface area (Å²) in [5.74, 6) is -5.02. The summed E-state index contributed by atoms with van der Waals surface area (Å²) in [6, 6.07) is 0. The summed E-state index contributed by atoms with van der Waals surface area (Å²) in [5, 5.41) is 33.8. The number of aliphatic carboxylic acids is 3. The first-order chi connectivity index (χ1) is 5.78. The third kappa shape index (κ3) is 8.01. The van der Waals surface area contributed by atoms with Crippen LogP contribution in [0.1, 0.15) is 15.7 Å². The Balaban J connectivity index is -0.000000120. The van der Waals surface area contributed by atoms with E-state index in [4.69, 9.17) is 20.4 Å². The van der Waals surface area contributed by atoms with E-state index in [0.29, 0.717) is 0 Å². The molecule has 15 heavy (non-hydrogen) atoms. The SMILES string of the molecule is O=C(O)CC(O)(CC(=O)O)C(=O)O.[Ca+2].[Fe].[H-].[H-]. The summed E-state index contributed by atoms with van der Waals surface area (Å²) in [5.41, 5.74) is -2.74. The van der Waals surface area contributed by atoms with Crippen molar-refractivity contribution < 1.29 is 54.7 Å². The van der Waals surface area contributed by atoms with E-state index in [-0.39, 0.29) is 57.7 Å². The molecule has 0 aromatic rings. The van der Waals surface area contributed by atoms with E-state index in [1.54, 1.807) is 0 Å². The van der Waals surface area contributed by atoms with Gasteiger partial charge in [0.2, 0.25) is 0 Å². The minimum Gasteiger partial charge on any atom is -1.00 e. The molecule has 0 saturated heterocycles. The van der Waals surface area contributed by atoms with Gasteiger partial charge in [0, 0.05) is 17.1 Å². The van der Waals surface area contributed by atoms with Crippen molar-refractivity contribution in [2.24, 2.45) is 0 Å². The van der Waals surface area contributed by atoms with Gasteiger partial charge in [-0.05, 0) is 0 Å². The van der Waals surface area contributed by atoms with Crippen molar-refractivity contribution in [2.45, 2.75) is 18.4 Å². The van der Waals surface area contributed by atoms with Crippen LogP contribution in [0.5, 0.6) is 0 Å². The predicted octanol–water partition coefficient (Wildman–Crippen LogP) is -1.41. The van der Waals surface area contributed by atoms with Crippen LogP contribution in [0.4, 0.5) is 0 Å². The van der Waals surface area contributed by atoms with Crippen molar-refractivity contribution in [1.29, 1.82) is 0 Å². The van der Waals surface area contributed by atoms with Crippen LogP contribution in [0.2, 0.25) is 0 Å². The molecular formula is C6H10CaFeO7. The Bertz CT molecular complexity index is 247. The number of hydrogen-bond acceptors (Lipinski definition) is 4. The monoisotopic (exact) mass is 290 g/mol. The van der Waals surface area contributed by atoms with Crippen molar-refractivity contribution in [3.63, 3.8) is 0 Å². The van der Waals surface area contributed by atoms with Crippen molar-refractivity contribution >= 4 is 55.6 Å². The third-order valence-corrected chi connectivity index (χ3v) is 1.29. The fourth-order valence-electron chi connectivity index (χ4n) is 0.714. The number of aliphatic hydroxyl groups is 1. The molecular weight excluding hydrogens is 280 g/mol. The molecule has 0 aliphatic rings. The molecule has 0 rings (SSSR count). The van der Waals surface area contributed by atoms with Crippen LogP contribution >= 0.6 is 0 Å².